The molecule has 0 atom stereocenters. The van der Waals surface area contributed by atoms with Gasteiger partial charge < -0.3 is 4.74 Å². The van der Waals surface area contributed by atoms with Crippen LogP contribution in [0.2, 0.25) is 0 Å². The van der Waals surface area contributed by atoms with Crippen LogP contribution in [0.15, 0.2) is 54.6 Å². The van der Waals surface area contributed by atoms with E-state index in [0.717, 1.165) is 0 Å². The average Bonchev–Trinajstić information content (AvgIpc) is 2.51. The minimum absolute atomic E-state index is 0.253. The lowest BCUT2D eigenvalue weighted by Gasteiger charge is -2.15. The molecular formula is C20H18O. The Hall–Kier alpha value is -2.12. The van der Waals surface area contributed by atoms with Gasteiger partial charge in [-0.2, -0.15) is 0 Å². The molecule has 0 fully saturated rings. The van der Waals surface area contributed by atoms with Crippen molar-refractivity contribution in [3.05, 3.63) is 60.2 Å². The largest absolute Gasteiger partial charge is 0.374 e. The Balaban J connectivity index is 2.06. The highest BCUT2D eigenvalue weighted by Gasteiger charge is 2.10. The summed E-state index contributed by atoms with van der Waals surface area (Å²) in [7, 11) is 0. The Bertz CT molecular complexity index is 905. The number of ether oxygens (including phenoxy) is 1. The topological polar surface area (TPSA) is 9.23 Å². The third-order valence-corrected chi connectivity index (χ3v) is 4.19. The molecule has 0 heterocycles. The van der Waals surface area contributed by atoms with E-state index < -0.39 is 0 Å². The van der Waals surface area contributed by atoms with Crippen LogP contribution in [0.3, 0.4) is 0 Å². The lowest BCUT2D eigenvalue weighted by atomic mass is 9.92. The first-order valence-electron chi connectivity index (χ1n) is 7.51. The molecule has 0 aliphatic rings. The molecular weight excluding hydrogens is 256 g/mol. The van der Waals surface area contributed by atoms with Gasteiger partial charge in [-0.1, -0.05) is 54.6 Å². The second-order valence-corrected chi connectivity index (χ2v) is 5.94. The van der Waals surface area contributed by atoms with E-state index in [2.05, 4.69) is 68.4 Å². The van der Waals surface area contributed by atoms with Gasteiger partial charge in [0, 0.05) is 0 Å². The van der Waals surface area contributed by atoms with Crippen molar-refractivity contribution in [2.45, 2.75) is 26.6 Å². The Labute approximate surface area is 124 Å². The Morgan fingerprint density at radius 1 is 0.762 bits per heavy atom. The number of rotatable bonds is 3. The summed E-state index contributed by atoms with van der Waals surface area (Å²) in [5, 5.41) is 7.99. The number of hydrogen-bond acceptors (Lipinski definition) is 1. The number of benzene rings is 4. The van der Waals surface area contributed by atoms with Gasteiger partial charge in [0.15, 0.2) is 0 Å². The molecule has 0 N–H and O–H groups in total. The molecule has 0 aromatic heterocycles. The van der Waals surface area contributed by atoms with Crippen molar-refractivity contribution >= 4 is 32.3 Å². The molecule has 0 saturated carbocycles. The predicted octanol–water partition coefficient (Wildman–Crippen LogP) is 5.51. The van der Waals surface area contributed by atoms with Crippen molar-refractivity contribution in [3.63, 3.8) is 0 Å². The molecule has 0 spiro atoms. The summed E-state index contributed by atoms with van der Waals surface area (Å²) in [6.07, 6.45) is 0.253. The molecule has 0 saturated heterocycles. The van der Waals surface area contributed by atoms with E-state index in [0.29, 0.717) is 6.61 Å². The normalized spacial score (nSPS) is 12.1. The minimum atomic E-state index is 0.253. The van der Waals surface area contributed by atoms with Crippen molar-refractivity contribution in [2.24, 2.45) is 0 Å². The third kappa shape index (κ3) is 1.97. The molecule has 0 aliphatic carbocycles. The van der Waals surface area contributed by atoms with Crippen LogP contribution in [0.25, 0.3) is 32.3 Å². The number of hydrogen-bond donors (Lipinski definition) is 0. The highest BCUT2D eigenvalue weighted by atomic mass is 16.5. The molecule has 4 rings (SSSR count). The molecule has 1 nitrogen and oxygen atoms in total. The molecule has 4 aromatic rings. The summed E-state index contributed by atoms with van der Waals surface area (Å²) in [5.74, 6) is 0. The van der Waals surface area contributed by atoms with E-state index in [4.69, 9.17) is 4.74 Å². The zero-order chi connectivity index (χ0) is 14.4. The van der Waals surface area contributed by atoms with E-state index in [1.165, 1.54) is 37.9 Å². The lowest BCUT2D eigenvalue weighted by molar-refractivity contribution is 0.0664. The van der Waals surface area contributed by atoms with Crippen LogP contribution in [0.5, 0.6) is 0 Å². The zero-order valence-electron chi connectivity index (χ0n) is 12.4. The maximum absolute atomic E-state index is 5.82. The Morgan fingerprint density at radius 2 is 1.38 bits per heavy atom. The van der Waals surface area contributed by atoms with Gasteiger partial charge in [0.2, 0.25) is 0 Å². The molecule has 0 amide bonds. The van der Waals surface area contributed by atoms with E-state index in [-0.39, 0.29) is 6.10 Å². The van der Waals surface area contributed by atoms with E-state index >= 15 is 0 Å². The summed E-state index contributed by atoms with van der Waals surface area (Å²) in [4.78, 5) is 0. The molecule has 0 aliphatic heterocycles. The summed E-state index contributed by atoms with van der Waals surface area (Å²) in [6, 6.07) is 19.8. The van der Waals surface area contributed by atoms with E-state index in [1.807, 2.05) is 0 Å². The second kappa shape index (κ2) is 4.71. The lowest BCUT2D eigenvalue weighted by Crippen LogP contribution is -2.02. The Morgan fingerprint density at radius 3 is 2.10 bits per heavy atom. The highest BCUT2D eigenvalue weighted by molar-refractivity contribution is 6.23. The summed E-state index contributed by atoms with van der Waals surface area (Å²) in [5.41, 5.74) is 1.27. The van der Waals surface area contributed by atoms with Crippen LogP contribution in [0.4, 0.5) is 0 Å². The van der Waals surface area contributed by atoms with Crippen molar-refractivity contribution < 1.29 is 4.74 Å². The first kappa shape index (κ1) is 12.6. The van der Waals surface area contributed by atoms with Crippen LogP contribution in [0.1, 0.15) is 19.4 Å². The van der Waals surface area contributed by atoms with Crippen molar-refractivity contribution in [1.82, 2.24) is 0 Å². The fourth-order valence-corrected chi connectivity index (χ4v) is 3.18. The predicted molar refractivity (Wildman–Crippen MR) is 90.1 cm³/mol. The van der Waals surface area contributed by atoms with Crippen LogP contribution < -0.4 is 0 Å². The van der Waals surface area contributed by atoms with Gasteiger partial charge >= 0.3 is 0 Å². The Kier molecular flexibility index (Phi) is 2.83. The first-order valence-corrected chi connectivity index (χ1v) is 7.51. The maximum atomic E-state index is 5.82. The van der Waals surface area contributed by atoms with Crippen LogP contribution in [-0.4, -0.2) is 6.10 Å². The van der Waals surface area contributed by atoms with Gasteiger partial charge in [0.05, 0.1) is 12.7 Å². The zero-order valence-corrected chi connectivity index (χ0v) is 12.4. The molecule has 0 bridgehead atoms. The third-order valence-electron chi connectivity index (χ3n) is 4.19. The van der Waals surface area contributed by atoms with Gasteiger partial charge in [-0.15, -0.1) is 0 Å². The average molecular weight is 274 g/mol. The molecule has 1 heteroatoms. The van der Waals surface area contributed by atoms with E-state index in [1.54, 1.807) is 0 Å². The van der Waals surface area contributed by atoms with Gasteiger partial charge in [0.1, 0.15) is 0 Å². The standard InChI is InChI=1S/C20H18O/c1-13(2)21-12-17-9-8-16-7-6-14-4-3-5-15-10-11-18(17)20(16)19(14)15/h3-11,13H,12H2,1-2H3. The smallest absolute Gasteiger partial charge is 0.0726 e. The summed E-state index contributed by atoms with van der Waals surface area (Å²) < 4.78 is 5.82. The molecule has 104 valence electrons. The SMILES string of the molecule is CC(C)OCc1ccc2ccc3cccc4ccc1c2c34. The second-order valence-electron chi connectivity index (χ2n) is 5.94. The monoisotopic (exact) mass is 274 g/mol. The molecule has 0 unspecified atom stereocenters. The minimum Gasteiger partial charge on any atom is -0.374 e. The van der Waals surface area contributed by atoms with Crippen molar-refractivity contribution in [2.75, 3.05) is 0 Å². The van der Waals surface area contributed by atoms with Crippen molar-refractivity contribution in [3.8, 4) is 0 Å². The molecule has 0 radical (unpaired) electrons. The fourth-order valence-electron chi connectivity index (χ4n) is 3.18. The fraction of sp³-hybridized carbons (Fsp3) is 0.200. The van der Waals surface area contributed by atoms with E-state index in [9.17, 15) is 0 Å². The first-order chi connectivity index (χ1) is 10.2. The van der Waals surface area contributed by atoms with Crippen LogP contribution in [-0.2, 0) is 11.3 Å². The molecule has 21 heavy (non-hydrogen) atoms. The van der Waals surface area contributed by atoms with Crippen LogP contribution >= 0.6 is 0 Å². The quantitative estimate of drug-likeness (QED) is 0.448. The highest BCUT2D eigenvalue weighted by Crippen LogP contribution is 2.36. The van der Waals surface area contributed by atoms with Crippen LogP contribution in [0, 0.1) is 0 Å². The summed E-state index contributed by atoms with van der Waals surface area (Å²) >= 11 is 0. The molecule has 4 aromatic carbocycles. The van der Waals surface area contributed by atoms with Gasteiger partial charge in [-0.25, -0.2) is 0 Å². The van der Waals surface area contributed by atoms with Gasteiger partial charge in [0.25, 0.3) is 0 Å². The maximum Gasteiger partial charge on any atom is 0.0726 e. The van der Waals surface area contributed by atoms with Gasteiger partial charge in [-0.3, -0.25) is 0 Å². The summed E-state index contributed by atoms with van der Waals surface area (Å²) in [6.45, 7) is 4.83. The van der Waals surface area contributed by atoms with Gasteiger partial charge in [-0.05, 0) is 51.7 Å². The van der Waals surface area contributed by atoms with Crippen molar-refractivity contribution in [1.29, 1.82) is 0 Å².